The lowest BCUT2D eigenvalue weighted by Gasteiger charge is -2.40. The largest absolute Gasteiger partial charge is 0.345 e. The Morgan fingerprint density at radius 3 is 2.64 bits per heavy atom. The highest BCUT2D eigenvalue weighted by molar-refractivity contribution is 8.00. The van der Waals surface area contributed by atoms with Crippen molar-refractivity contribution >= 4 is 29.4 Å². The average molecular weight is 405 g/mol. The lowest BCUT2D eigenvalue weighted by Crippen LogP contribution is -2.58. The summed E-state index contributed by atoms with van der Waals surface area (Å²) < 4.78 is 0. The molecule has 7 nitrogen and oxygen atoms in total. The van der Waals surface area contributed by atoms with Crippen LogP contribution in [0.15, 0.2) is 30.3 Å². The molecule has 2 fully saturated rings. The van der Waals surface area contributed by atoms with Gasteiger partial charge in [-0.25, -0.2) is 0 Å². The van der Waals surface area contributed by atoms with Gasteiger partial charge < -0.3 is 21.7 Å². The van der Waals surface area contributed by atoms with E-state index in [-0.39, 0.29) is 28.2 Å². The highest BCUT2D eigenvalue weighted by Crippen LogP contribution is 2.46. The Labute approximate surface area is 169 Å². The van der Waals surface area contributed by atoms with Gasteiger partial charge >= 0.3 is 0 Å². The SMILES string of the molecule is CC(=O)C(CCCN)NC(=O)C1CCC2SC(c3ccccc3)C(N)C(=O)N21. The summed E-state index contributed by atoms with van der Waals surface area (Å²) in [4.78, 5) is 39.3. The molecule has 0 radical (unpaired) electrons. The maximum absolute atomic E-state index is 13.0. The minimum Gasteiger partial charge on any atom is -0.345 e. The van der Waals surface area contributed by atoms with E-state index in [0.29, 0.717) is 25.8 Å². The number of rotatable bonds is 7. The molecule has 2 aliphatic rings. The number of hydrogen-bond acceptors (Lipinski definition) is 6. The topological polar surface area (TPSA) is 119 Å². The predicted molar refractivity (Wildman–Crippen MR) is 109 cm³/mol. The lowest BCUT2D eigenvalue weighted by atomic mass is 10.0. The van der Waals surface area contributed by atoms with Gasteiger partial charge in [-0.05, 0) is 44.7 Å². The van der Waals surface area contributed by atoms with Crippen LogP contribution in [-0.4, -0.2) is 52.5 Å². The number of carbonyl (C=O) groups excluding carboxylic acids is 3. The Kier molecular flexibility index (Phi) is 6.74. The number of ketones is 1. The van der Waals surface area contributed by atoms with Crippen molar-refractivity contribution in [1.82, 2.24) is 10.2 Å². The molecule has 0 saturated carbocycles. The highest BCUT2D eigenvalue weighted by atomic mass is 32.2. The van der Waals surface area contributed by atoms with Crippen molar-refractivity contribution in [3.8, 4) is 0 Å². The van der Waals surface area contributed by atoms with Crippen molar-refractivity contribution in [2.24, 2.45) is 11.5 Å². The smallest absolute Gasteiger partial charge is 0.243 e. The maximum atomic E-state index is 13.0. The number of hydrogen-bond donors (Lipinski definition) is 3. The number of nitrogens with zero attached hydrogens (tertiary/aromatic N) is 1. The van der Waals surface area contributed by atoms with E-state index in [1.165, 1.54) is 6.92 Å². The van der Waals surface area contributed by atoms with E-state index in [9.17, 15) is 14.4 Å². The molecule has 28 heavy (non-hydrogen) atoms. The van der Waals surface area contributed by atoms with Crippen LogP contribution in [-0.2, 0) is 14.4 Å². The predicted octanol–water partition coefficient (Wildman–Crippen LogP) is 0.932. The number of nitrogens with one attached hydrogen (secondary N) is 1. The molecule has 2 amide bonds. The summed E-state index contributed by atoms with van der Waals surface area (Å²) in [6.07, 6.45) is 2.47. The van der Waals surface area contributed by atoms with Gasteiger partial charge in [-0.2, -0.15) is 0 Å². The third kappa shape index (κ3) is 4.24. The van der Waals surface area contributed by atoms with Gasteiger partial charge in [-0.3, -0.25) is 14.4 Å². The fraction of sp³-hybridized carbons (Fsp3) is 0.550. The quantitative estimate of drug-likeness (QED) is 0.622. The third-order valence-electron chi connectivity index (χ3n) is 5.44. The molecule has 0 bridgehead atoms. The molecule has 2 saturated heterocycles. The minimum atomic E-state index is -0.696. The molecule has 5 N–H and O–H groups in total. The van der Waals surface area contributed by atoms with Gasteiger partial charge in [-0.1, -0.05) is 30.3 Å². The fourth-order valence-corrected chi connectivity index (χ4v) is 5.51. The van der Waals surface area contributed by atoms with E-state index in [1.807, 2.05) is 30.3 Å². The molecule has 1 aromatic rings. The van der Waals surface area contributed by atoms with E-state index in [0.717, 1.165) is 12.0 Å². The summed E-state index contributed by atoms with van der Waals surface area (Å²) in [7, 11) is 0. The number of Topliss-reactive ketones (excluding diaryl/α,β-unsaturated/α-hetero) is 1. The van der Waals surface area contributed by atoms with Gasteiger partial charge in [0.1, 0.15) is 12.1 Å². The maximum Gasteiger partial charge on any atom is 0.243 e. The van der Waals surface area contributed by atoms with Crippen molar-refractivity contribution in [2.75, 3.05) is 6.54 Å². The summed E-state index contributed by atoms with van der Waals surface area (Å²) in [6.45, 7) is 1.92. The summed E-state index contributed by atoms with van der Waals surface area (Å²) in [5.41, 5.74) is 12.8. The number of thioether (sulfide) groups is 1. The van der Waals surface area contributed by atoms with Crippen molar-refractivity contribution in [3.05, 3.63) is 35.9 Å². The summed E-state index contributed by atoms with van der Waals surface area (Å²) in [6, 6.07) is 7.94. The molecule has 8 heteroatoms. The molecule has 5 unspecified atom stereocenters. The monoisotopic (exact) mass is 404 g/mol. The van der Waals surface area contributed by atoms with Crippen molar-refractivity contribution < 1.29 is 14.4 Å². The second-order valence-electron chi connectivity index (χ2n) is 7.39. The van der Waals surface area contributed by atoms with Crippen LogP contribution in [0.1, 0.15) is 43.4 Å². The van der Waals surface area contributed by atoms with E-state index < -0.39 is 18.1 Å². The van der Waals surface area contributed by atoms with Crippen LogP contribution in [0.2, 0.25) is 0 Å². The number of amides is 2. The van der Waals surface area contributed by atoms with E-state index in [4.69, 9.17) is 11.5 Å². The first-order valence-electron chi connectivity index (χ1n) is 9.73. The van der Waals surface area contributed by atoms with Gasteiger partial charge in [0.15, 0.2) is 5.78 Å². The molecule has 1 aromatic carbocycles. The molecule has 0 aromatic heterocycles. The fourth-order valence-electron chi connectivity index (χ4n) is 3.92. The van der Waals surface area contributed by atoms with Crippen LogP contribution >= 0.6 is 11.8 Å². The van der Waals surface area contributed by atoms with Crippen molar-refractivity contribution in [2.45, 2.75) is 61.4 Å². The number of fused-ring (bicyclic) bond motifs is 1. The first-order chi connectivity index (χ1) is 13.4. The Hall–Kier alpha value is -1.90. The first kappa shape index (κ1) is 20.8. The first-order valence-corrected chi connectivity index (χ1v) is 10.7. The molecule has 0 spiro atoms. The van der Waals surface area contributed by atoms with E-state index in [1.54, 1.807) is 16.7 Å². The van der Waals surface area contributed by atoms with Crippen LogP contribution in [0.4, 0.5) is 0 Å². The van der Waals surface area contributed by atoms with Gasteiger partial charge in [0.05, 0.1) is 16.7 Å². The standard InChI is InChI=1S/C20H28N4O3S/c1-12(25)14(8-5-11-21)23-19(26)15-9-10-16-24(15)20(27)17(22)18(28-16)13-6-3-2-4-7-13/h2-4,6-7,14-18H,5,8-11,21-22H2,1H3,(H,23,26). The van der Waals surface area contributed by atoms with Gasteiger partial charge in [0.25, 0.3) is 0 Å². The Balaban J connectivity index is 1.71. The molecule has 5 atom stereocenters. The van der Waals surface area contributed by atoms with Crippen LogP contribution in [0.25, 0.3) is 0 Å². The molecular weight excluding hydrogens is 376 g/mol. The zero-order valence-electron chi connectivity index (χ0n) is 16.0. The van der Waals surface area contributed by atoms with Crippen LogP contribution in [0.3, 0.4) is 0 Å². The Bertz CT molecular complexity index is 729. The molecule has 2 heterocycles. The number of nitrogens with two attached hydrogens (primary N) is 2. The highest BCUT2D eigenvalue weighted by Gasteiger charge is 2.49. The average Bonchev–Trinajstić information content (AvgIpc) is 3.12. The van der Waals surface area contributed by atoms with E-state index >= 15 is 0 Å². The molecular formula is C20H28N4O3S. The number of carbonyl (C=O) groups is 3. The zero-order chi connectivity index (χ0) is 20.3. The van der Waals surface area contributed by atoms with Gasteiger partial charge in [0, 0.05) is 0 Å². The molecule has 3 rings (SSSR count). The summed E-state index contributed by atoms with van der Waals surface area (Å²) in [5.74, 6) is -0.577. The van der Waals surface area contributed by atoms with Crippen molar-refractivity contribution in [3.63, 3.8) is 0 Å². The second-order valence-corrected chi connectivity index (χ2v) is 8.71. The van der Waals surface area contributed by atoms with Gasteiger partial charge in [-0.15, -0.1) is 11.8 Å². The lowest BCUT2D eigenvalue weighted by molar-refractivity contribution is -0.141. The van der Waals surface area contributed by atoms with Crippen LogP contribution in [0.5, 0.6) is 0 Å². The zero-order valence-corrected chi connectivity index (χ0v) is 16.9. The number of benzene rings is 1. The Morgan fingerprint density at radius 2 is 2.00 bits per heavy atom. The molecule has 0 aliphatic carbocycles. The normalized spacial score (nSPS) is 28.0. The third-order valence-corrected chi connectivity index (χ3v) is 7.07. The summed E-state index contributed by atoms with van der Waals surface area (Å²) >= 11 is 1.64. The molecule has 2 aliphatic heterocycles. The van der Waals surface area contributed by atoms with Crippen LogP contribution in [0, 0.1) is 0 Å². The minimum absolute atomic E-state index is 0.0759. The summed E-state index contributed by atoms with van der Waals surface area (Å²) in [5, 5.41) is 2.62. The van der Waals surface area contributed by atoms with Crippen molar-refractivity contribution in [1.29, 1.82) is 0 Å². The van der Waals surface area contributed by atoms with Crippen LogP contribution < -0.4 is 16.8 Å². The molecule has 152 valence electrons. The van der Waals surface area contributed by atoms with E-state index in [2.05, 4.69) is 5.32 Å². The van der Waals surface area contributed by atoms with Gasteiger partial charge in [0.2, 0.25) is 11.8 Å². The Morgan fingerprint density at radius 1 is 1.29 bits per heavy atom. The second kappa shape index (κ2) is 9.07.